The minimum atomic E-state index is -2.96. The van der Waals surface area contributed by atoms with Crippen LogP contribution in [-0.4, -0.2) is 44.3 Å². The van der Waals surface area contributed by atoms with Gasteiger partial charge in [0.1, 0.15) is 5.75 Å². The molecule has 0 aromatic rings. The molecule has 13 heavy (non-hydrogen) atoms. The van der Waals surface area contributed by atoms with E-state index in [1.807, 2.05) is 0 Å². The first kappa shape index (κ1) is 9.71. The van der Waals surface area contributed by atoms with Crippen LogP contribution in [0.25, 0.3) is 0 Å². The Morgan fingerprint density at radius 1 is 1.54 bits per heavy atom. The number of hydrogen-bond donors (Lipinski definition) is 0. The molecule has 0 N–H and O–H groups in total. The van der Waals surface area contributed by atoms with E-state index in [1.165, 1.54) is 0 Å². The Balaban J connectivity index is 2.09. The van der Waals surface area contributed by atoms with Gasteiger partial charge < -0.3 is 9.47 Å². The number of sulfone groups is 1. The highest BCUT2D eigenvalue weighted by Gasteiger charge is 2.49. The second-order valence-corrected chi connectivity index (χ2v) is 5.95. The first-order valence-electron chi connectivity index (χ1n) is 4.13. The van der Waals surface area contributed by atoms with Crippen molar-refractivity contribution in [1.82, 2.24) is 0 Å². The highest BCUT2D eigenvalue weighted by molar-refractivity contribution is 7.91. The summed E-state index contributed by atoms with van der Waals surface area (Å²) in [7, 11) is -2.96. The lowest BCUT2D eigenvalue weighted by Gasteiger charge is -2.19. The van der Waals surface area contributed by atoms with Crippen molar-refractivity contribution in [3.8, 4) is 0 Å². The maximum atomic E-state index is 11.2. The van der Waals surface area contributed by atoms with E-state index in [-0.39, 0.29) is 17.6 Å². The summed E-state index contributed by atoms with van der Waals surface area (Å²) >= 11 is 5.59. The molecule has 6 heteroatoms. The average molecular weight is 227 g/mol. The van der Waals surface area contributed by atoms with Crippen molar-refractivity contribution >= 4 is 21.4 Å². The van der Waals surface area contributed by atoms with E-state index in [0.717, 1.165) is 0 Å². The molecular weight excluding hydrogens is 216 g/mol. The Morgan fingerprint density at radius 2 is 2.31 bits per heavy atom. The van der Waals surface area contributed by atoms with Gasteiger partial charge in [-0.05, 0) is 0 Å². The zero-order valence-electron chi connectivity index (χ0n) is 7.03. The SMILES string of the molecule is O=S1(=O)CCC2(C1)OCC(CCl)O2. The van der Waals surface area contributed by atoms with Crippen LogP contribution in [0, 0.1) is 0 Å². The molecule has 2 saturated heterocycles. The van der Waals surface area contributed by atoms with Crippen LogP contribution in [0.4, 0.5) is 0 Å². The van der Waals surface area contributed by atoms with Gasteiger partial charge in [-0.25, -0.2) is 8.42 Å². The molecule has 76 valence electrons. The highest BCUT2D eigenvalue weighted by atomic mass is 35.5. The number of ether oxygens (including phenoxy) is 2. The molecule has 0 aromatic heterocycles. The van der Waals surface area contributed by atoms with Crippen molar-refractivity contribution in [3.63, 3.8) is 0 Å². The van der Waals surface area contributed by atoms with Crippen molar-refractivity contribution in [2.45, 2.75) is 18.3 Å². The van der Waals surface area contributed by atoms with E-state index in [2.05, 4.69) is 0 Å². The summed E-state index contributed by atoms with van der Waals surface area (Å²) < 4.78 is 33.2. The Labute approximate surface area is 82.1 Å². The fraction of sp³-hybridized carbons (Fsp3) is 1.00. The molecule has 2 unspecified atom stereocenters. The van der Waals surface area contributed by atoms with Gasteiger partial charge in [-0.1, -0.05) is 0 Å². The fourth-order valence-corrected chi connectivity index (χ4v) is 3.57. The molecule has 0 aliphatic carbocycles. The van der Waals surface area contributed by atoms with Crippen LogP contribution < -0.4 is 0 Å². The van der Waals surface area contributed by atoms with Gasteiger partial charge >= 0.3 is 0 Å². The van der Waals surface area contributed by atoms with Crippen LogP contribution in [0.1, 0.15) is 6.42 Å². The monoisotopic (exact) mass is 226 g/mol. The van der Waals surface area contributed by atoms with Gasteiger partial charge in [0.05, 0.1) is 24.3 Å². The Morgan fingerprint density at radius 3 is 2.77 bits per heavy atom. The minimum absolute atomic E-state index is 0.0204. The van der Waals surface area contributed by atoms with E-state index in [1.54, 1.807) is 0 Å². The van der Waals surface area contributed by atoms with E-state index < -0.39 is 15.6 Å². The van der Waals surface area contributed by atoms with E-state index in [4.69, 9.17) is 21.1 Å². The maximum Gasteiger partial charge on any atom is 0.183 e. The van der Waals surface area contributed by atoms with Gasteiger partial charge in [0.25, 0.3) is 0 Å². The fourth-order valence-electron chi connectivity index (χ4n) is 1.69. The molecular formula is C7H11ClO4S. The lowest BCUT2D eigenvalue weighted by molar-refractivity contribution is -0.144. The minimum Gasteiger partial charge on any atom is -0.346 e. The first-order chi connectivity index (χ1) is 6.05. The van der Waals surface area contributed by atoms with E-state index in [0.29, 0.717) is 18.9 Å². The smallest absolute Gasteiger partial charge is 0.183 e. The van der Waals surface area contributed by atoms with Crippen LogP contribution in [-0.2, 0) is 19.3 Å². The lowest BCUT2D eigenvalue weighted by Crippen LogP contribution is -2.32. The largest absolute Gasteiger partial charge is 0.346 e. The maximum absolute atomic E-state index is 11.2. The molecule has 0 aromatic carbocycles. The van der Waals surface area contributed by atoms with Crippen LogP contribution in [0.2, 0.25) is 0 Å². The van der Waals surface area contributed by atoms with Crippen molar-refractivity contribution in [2.75, 3.05) is 24.0 Å². The van der Waals surface area contributed by atoms with Gasteiger partial charge in [-0.3, -0.25) is 0 Å². The van der Waals surface area contributed by atoms with Crippen LogP contribution in [0.5, 0.6) is 0 Å². The number of hydrogen-bond acceptors (Lipinski definition) is 4. The summed E-state index contributed by atoms with van der Waals surface area (Å²) in [6, 6.07) is 0. The summed E-state index contributed by atoms with van der Waals surface area (Å²) in [4.78, 5) is 0. The predicted molar refractivity (Wildman–Crippen MR) is 47.5 cm³/mol. The normalized spacial score (nSPS) is 43.0. The average Bonchev–Trinajstić information content (AvgIpc) is 2.57. The third kappa shape index (κ3) is 1.83. The number of alkyl halides is 1. The van der Waals surface area contributed by atoms with E-state index >= 15 is 0 Å². The van der Waals surface area contributed by atoms with Crippen molar-refractivity contribution in [1.29, 1.82) is 0 Å². The van der Waals surface area contributed by atoms with E-state index in [9.17, 15) is 8.42 Å². The van der Waals surface area contributed by atoms with Gasteiger partial charge in [-0.15, -0.1) is 11.6 Å². The molecule has 0 bridgehead atoms. The first-order valence-corrected chi connectivity index (χ1v) is 6.49. The zero-order chi connectivity index (χ0) is 9.53. The summed E-state index contributed by atoms with van der Waals surface area (Å²) in [5, 5.41) is 0. The summed E-state index contributed by atoms with van der Waals surface area (Å²) in [6.07, 6.45) is 0.276. The summed E-state index contributed by atoms with van der Waals surface area (Å²) in [5.74, 6) is -0.393. The molecule has 2 atom stereocenters. The van der Waals surface area contributed by atoms with Crippen molar-refractivity contribution in [3.05, 3.63) is 0 Å². The molecule has 4 nitrogen and oxygen atoms in total. The Hall–Kier alpha value is 0.160. The van der Waals surface area contributed by atoms with Crippen molar-refractivity contribution < 1.29 is 17.9 Å². The van der Waals surface area contributed by atoms with Crippen LogP contribution >= 0.6 is 11.6 Å². The second kappa shape index (κ2) is 3.08. The highest BCUT2D eigenvalue weighted by Crippen LogP contribution is 2.34. The lowest BCUT2D eigenvalue weighted by atomic mass is 10.2. The molecule has 0 saturated carbocycles. The second-order valence-electron chi connectivity index (χ2n) is 3.46. The molecule has 2 fully saturated rings. The summed E-state index contributed by atoms with van der Waals surface area (Å²) in [5.41, 5.74) is 0. The molecule has 2 heterocycles. The molecule has 2 rings (SSSR count). The number of rotatable bonds is 1. The standard InChI is InChI=1S/C7H11ClO4S/c8-3-6-4-11-7(12-6)1-2-13(9,10)5-7/h6H,1-5H2. The van der Waals surface area contributed by atoms with Crippen LogP contribution in [0.15, 0.2) is 0 Å². The topological polar surface area (TPSA) is 52.6 Å². The van der Waals surface area contributed by atoms with Gasteiger partial charge in [-0.2, -0.15) is 0 Å². The number of halogens is 1. The Bertz CT molecular complexity index is 302. The molecule has 2 aliphatic rings. The van der Waals surface area contributed by atoms with Crippen molar-refractivity contribution in [2.24, 2.45) is 0 Å². The van der Waals surface area contributed by atoms with Gasteiger partial charge in [0.2, 0.25) is 0 Å². The predicted octanol–water partition coefficient (Wildman–Crippen LogP) is 0.155. The molecule has 2 aliphatic heterocycles. The van der Waals surface area contributed by atoms with Gasteiger partial charge in [0, 0.05) is 6.42 Å². The summed E-state index contributed by atoms with van der Waals surface area (Å²) in [6.45, 7) is 0.402. The third-order valence-corrected chi connectivity index (χ3v) is 4.37. The molecule has 0 amide bonds. The third-order valence-electron chi connectivity index (χ3n) is 2.32. The zero-order valence-corrected chi connectivity index (χ0v) is 8.60. The van der Waals surface area contributed by atoms with Gasteiger partial charge in [0.15, 0.2) is 15.6 Å². The Kier molecular flexibility index (Phi) is 2.30. The molecule has 0 radical (unpaired) electrons. The quantitative estimate of drug-likeness (QED) is 0.598. The molecule has 1 spiro atoms. The van der Waals surface area contributed by atoms with Crippen LogP contribution in [0.3, 0.4) is 0 Å².